The number of phenolic OH excluding ortho intramolecular Hbond substituents is 1. The standard InChI is InChI=1S/C15H12BrClN2O4/c1-23-13-7-9(17)3-4-10(13)14(21)18-19-15(22)11-6-8(16)2-5-12(11)20/h2-7,20H,1H3,(H,18,21)(H,19,22). The lowest BCUT2D eigenvalue weighted by molar-refractivity contribution is 0.0843. The van der Waals surface area contributed by atoms with Gasteiger partial charge in [0.25, 0.3) is 11.8 Å². The molecule has 0 aromatic heterocycles. The van der Waals surface area contributed by atoms with Gasteiger partial charge in [-0.05, 0) is 36.4 Å². The average molecular weight is 400 g/mol. The van der Waals surface area contributed by atoms with Gasteiger partial charge in [-0.2, -0.15) is 0 Å². The van der Waals surface area contributed by atoms with E-state index in [1.807, 2.05) is 0 Å². The average Bonchev–Trinajstić information content (AvgIpc) is 2.54. The molecule has 0 bridgehead atoms. The highest BCUT2D eigenvalue weighted by molar-refractivity contribution is 9.10. The molecule has 3 N–H and O–H groups in total. The predicted molar refractivity (Wildman–Crippen MR) is 88.7 cm³/mol. The minimum atomic E-state index is -0.662. The van der Waals surface area contributed by atoms with Crippen molar-refractivity contribution in [1.82, 2.24) is 10.9 Å². The second-order valence-electron chi connectivity index (χ2n) is 4.41. The summed E-state index contributed by atoms with van der Waals surface area (Å²) in [6.07, 6.45) is 0. The fraction of sp³-hybridized carbons (Fsp3) is 0.0667. The van der Waals surface area contributed by atoms with Crippen LogP contribution in [0.25, 0.3) is 0 Å². The SMILES string of the molecule is COc1cc(Cl)ccc1C(=O)NNC(=O)c1cc(Br)ccc1O. The fourth-order valence-corrected chi connectivity index (χ4v) is 2.31. The van der Waals surface area contributed by atoms with E-state index in [9.17, 15) is 14.7 Å². The van der Waals surface area contributed by atoms with Crippen molar-refractivity contribution in [3.05, 3.63) is 57.0 Å². The number of rotatable bonds is 3. The van der Waals surface area contributed by atoms with Gasteiger partial charge in [-0.1, -0.05) is 27.5 Å². The Morgan fingerprint density at radius 3 is 2.39 bits per heavy atom. The molecule has 120 valence electrons. The Morgan fingerprint density at radius 1 is 1.09 bits per heavy atom. The first kappa shape index (κ1) is 17.1. The van der Waals surface area contributed by atoms with Crippen molar-refractivity contribution in [2.45, 2.75) is 0 Å². The molecule has 2 aromatic carbocycles. The lowest BCUT2D eigenvalue weighted by Gasteiger charge is -2.11. The summed E-state index contributed by atoms with van der Waals surface area (Å²) in [5.74, 6) is -1.18. The van der Waals surface area contributed by atoms with Gasteiger partial charge in [-0.25, -0.2) is 0 Å². The summed E-state index contributed by atoms with van der Waals surface area (Å²) < 4.78 is 5.69. The zero-order valence-electron chi connectivity index (χ0n) is 11.9. The van der Waals surface area contributed by atoms with Crippen LogP contribution in [-0.4, -0.2) is 24.0 Å². The molecule has 6 nitrogen and oxygen atoms in total. The van der Waals surface area contributed by atoms with Crippen molar-refractivity contribution >= 4 is 39.3 Å². The minimum absolute atomic E-state index is 0.0164. The third-order valence-electron chi connectivity index (χ3n) is 2.90. The van der Waals surface area contributed by atoms with Crippen LogP contribution in [0.4, 0.5) is 0 Å². The Kier molecular flexibility index (Phi) is 5.46. The molecule has 2 amide bonds. The Labute approximate surface area is 145 Å². The molecule has 0 aliphatic heterocycles. The number of benzene rings is 2. The number of halogens is 2. The van der Waals surface area contributed by atoms with Crippen molar-refractivity contribution < 1.29 is 19.4 Å². The zero-order valence-corrected chi connectivity index (χ0v) is 14.2. The summed E-state index contributed by atoms with van der Waals surface area (Å²) >= 11 is 9.03. The lowest BCUT2D eigenvalue weighted by Crippen LogP contribution is -2.41. The maximum absolute atomic E-state index is 12.1. The molecule has 0 atom stereocenters. The van der Waals surface area contributed by atoms with Crippen LogP contribution < -0.4 is 15.6 Å². The van der Waals surface area contributed by atoms with Crippen LogP contribution >= 0.6 is 27.5 Å². The van der Waals surface area contributed by atoms with E-state index in [1.165, 1.54) is 37.4 Å². The van der Waals surface area contributed by atoms with E-state index >= 15 is 0 Å². The maximum Gasteiger partial charge on any atom is 0.273 e. The molecule has 0 aliphatic rings. The number of methoxy groups -OCH3 is 1. The van der Waals surface area contributed by atoms with Crippen LogP contribution in [-0.2, 0) is 0 Å². The van der Waals surface area contributed by atoms with E-state index in [-0.39, 0.29) is 22.6 Å². The molecule has 0 heterocycles. The quantitative estimate of drug-likeness (QED) is 0.693. The second kappa shape index (κ2) is 7.34. The topological polar surface area (TPSA) is 87.7 Å². The van der Waals surface area contributed by atoms with Crippen molar-refractivity contribution in [3.8, 4) is 11.5 Å². The number of phenols is 1. The Balaban J connectivity index is 2.10. The molecule has 0 fully saturated rings. The highest BCUT2D eigenvalue weighted by Gasteiger charge is 2.16. The minimum Gasteiger partial charge on any atom is -0.507 e. The van der Waals surface area contributed by atoms with Gasteiger partial charge in [-0.3, -0.25) is 20.4 Å². The normalized spacial score (nSPS) is 10.0. The highest BCUT2D eigenvalue weighted by atomic mass is 79.9. The number of hydrazine groups is 1. The molecule has 8 heteroatoms. The summed E-state index contributed by atoms with van der Waals surface area (Å²) in [6.45, 7) is 0. The smallest absolute Gasteiger partial charge is 0.273 e. The number of amides is 2. The van der Waals surface area contributed by atoms with Crippen LogP contribution in [0.15, 0.2) is 40.9 Å². The highest BCUT2D eigenvalue weighted by Crippen LogP contribution is 2.23. The van der Waals surface area contributed by atoms with E-state index in [0.717, 1.165) is 0 Å². The summed E-state index contributed by atoms with van der Waals surface area (Å²) in [4.78, 5) is 24.1. The van der Waals surface area contributed by atoms with Crippen molar-refractivity contribution in [2.75, 3.05) is 7.11 Å². The maximum atomic E-state index is 12.1. The van der Waals surface area contributed by atoms with Gasteiger partial charge in [0.15, 0.2) is 0 Å². The number of hydrogen-bond acceptors (Lipinski definition) is 4. The third kappa shape index (κ3) is 4.14. The second-order valence-corrected chi connectivity index (χ2v) is 5.77. The molecule has 2 aromatic rings. The molecule has 0 unspecified atom stereocenters. The summed E-state index contributed by atoms with van der Waals surface area (Å²) in [5.41, 5.74) is 4.69. The van der Waals surface area contributed by atoms with E-state index in [4.69, 9.17) is 16.3 Å². The van der Waals surface area contributed by atoms with Crippen LogP contribution in [0.5, 0.6) is 11.5 Å². The largest absolute Gasteiger partial charge is 0.507 e. The molecule has 0 aliphatic carbocycles. The van der Waals surface area contributed by atoms with Crippen LogP contribution in [0.2, 0.25) is 5.02 Å². The lowest BCUT2D eigenvalue weighted by atomic mass is 10.2. The molecular weight excluding hydrogens is 388 g/mol. The summed E-state index contributed by atoms with van der Waals surface area (Å²) in [7, 11) is 1.40. The molecule has 0 saturated heterocycles. The van der Waals surface area contributed by atoms with Gasteiger partial charge in [0, 0.05) is 9.50 Å². The molecule has 0 radical (unpaired) electrons. The van der Waals surface area contributed by atoms with Gasteiger partial charge >= 0.3 is 0 Å². The molecule has 2 rings (SSSR count). The van der Waals surface area contributed by atoms with Crippen LogP contribution in [0.3, 0.4) is 0 Å². The number of aromatic hydroxyl groups is 1. The monoisotopic (exact) mass is 398 g/mol. The van der Waals surface area contributed by atoms with Crippen LogP contribution in [0.1, 0.15) is 20.7 Å². The number of carbonyl (C=O) groups is 2. The van der Waals surface area contributed by atoms with Gasteiger partial charge in [0.05, 0.1) is 18.2 Å². The Bertz CT molecular complexity index is 767. The van der Waals surface area contributed by atoms with Gasteiger partial charge < -0.3 is 9.84 Å². The first-order valence-electron chi connectivity index (χ1n) is 6.35. The van der Waals surface area contributed by atoms with Gasteiger partial charge in [0.2, 0.25) is 0 Å². The number of hydrogen-bond donors (Lipinski definition) is 3. The van der Waals surface area contributed by atoms with E-state index in [0.29, 0.717) is 9.50 Å². The molecule has 23 heavy (non-hydrogen) atoms. The first-order chi connectivity index (χ1) is 10.9. The van der Waals surface area contributed by atoms with Gasteiger partial charge in [-0.15, -0.1) is 0 Å². The van der Waals surface area contributed by atoms with E-state index in [2.05, 4.69) is 26.8 Å². The fourth-order valence-electron chi connectivity index (χ4n) is 1.79. The van der Waals surface area contributed by atoms with E-state index < -0.39 is 11.8 Å². The summed E-state index contributed by atoms with van der Waals surface area (Å²) in [6, 6.07) is 8.87. The van der Waals surface area contributed by atoms with Crippen molar-refractivity contribution in [3.63, 3.8) is 0 Å². The first-order valence-corrected chi connectivity index (χ1v) is 7.52. The molecule has 0 saturated carbocycles. The van der Waals surface area contributed by atoms with Gasteiger partial charge in [0.1, 0.15) is 11.5 Å². The number of carbonyl (C=O) groups excluding carboxylic acids is 2. The van der Waals surface area contributed by atoms with Crippen molar-refractivity contribution in [1.29, 1.82) is 0 Å². The third-order valence-corrected chi connectivity index (χ3v) is 3.63. The van der Waals surface area contributed by atoms with Crippen LogP contribution in [0, 0.1) is 0 Å². The number of nitrogens with one attached hydrogen (secondary N) is 2. The number of ether oxygens (including phenoxy) is 1. The van der Waals surface area contributed by atoms with Crippen molar-refractivity contribution in [2.24, 2.45) is 0 Å². The van der Waals surface area contributed by atoms with E-state index in [1.54, 1.807) is 6.07 Å². The zero-order chi connectivity index (χ0) is 17.0. The predicted octanol–water partition coefficient (Wildman–Crippen LogP) is 2.89. The molecule has 0 spiro atoms. The Morgan fingerprint density at radius 2 is 1.74 bits per heavy atom. The summed E-state index contributed by atoms with van der Waals surface area (Å²) in [5, 5.41) is 10.1. The Hall–Kier alpha value is -2.25. The molecular formula is C15H12BrClN2O4.